The van der Waals surface area contributed by atoms with Crippen LogP contribution >= 0.6 is 0 Å². The van der Waals surface area contributed by atoms with Gasteiger partial charge in [-0.2, -0.15) is 0 Å². The van der Waals surface area contributed by atoms with E-state index in [4.69, 9.17) is 9.88 Å². The lowest BCUT2D eigenvalue weighted by Crippen LogP contribution is -2.41. The smallest absolute Gasteiger partial charge is 0.238 e. The molecule has 0 aliphatic carbocycles. The molecule has 1 saturated heterocycles. The second kappa shape index (κ2) is 7.42. The molecule has 6 nitrogen and oxygen atoms in total. The number of rotatable bonds is 5. The van der Waals surface area contributed by atoms with Crippen molar-refractivity contribution in [3.05, 3.63) is 29.3 Å². The Hall–Kier alpha value is -1.44. The van der Waals surface area contributed by atoms with E-state index in [9.17, 15) is 13.2 Å². The summed E-state index contributed by atoms with van der Waals surface area (Å²) >= 11 is 0. The van der Waals surface area contributed by atoms with Gasteiger partial charge >= 0.3 is 0 Å². The van der Waals surface area contributed by atoms with Gasteiger partial charge in [-0.25, -0.2) is 13.6 Å². The Morgan fingerprint density at radius 1 is 1.43 bits per heavy atom. The fraction of sp³-hybridized carbons (Fsp3) is 0.562. The number of nitrogens with one attached hydrogen (secondary N) is 1. The Morgan fingerprint density at radius 2 is 2.17 bits per heavy atom. The Balaban J connectivity index is 2.00. The van der Waals surface area contributed by atoms with Crippen LogP contribution < -0.4 is 10.5 Å². The third-order valence-electron chi connectivity index (χ3n) is 4.19. The predicted molar refractivity (Wildman–Crippen MR) is 87.2 cm³/mol. The Bertz CT molecular complexity index is 673. The molecule has 1 aliphatic heterocycles. The number of primary sulfonamides is 1. The Labute approximate surface area is 137 Å². The summed E-state index contributed by atoms with van der Waals surface area (Å²) < 4.78 is 28.4. The molecule has 128 valence electrons. The Kier molecular flexibility index (Phi) is 5.78. The quantitative estimate of drug-likeness (QED) is 0.848. The molecule has 0 aromatic heterocycles. The van der Waals surface area contributed by atoms with Crippen molar-refractivity contribution < 1.29 is 17.9 Å². The normalized spacial score (nSPS) is 21.9. The molecule has 0 saturated carbocycles. The number of nitrogens with two attached hydrogens (primary N) is 1. The van der Waals surface area contributed by atoms with Gasteiger partial charge in [0.15, 0.2) is 0 Å². The van der Waals surface area contributed by atoms with Crippen molar-refractivity contribution in [2.75, 3.05) is 6.61 Å². The zero-order chi connectivity index (χ0) is 17.0. The molecule has 3 N–H and O–H groups in total. The van der Waals surface area contributed by atoms with Gasteiger partial charge in [-0.05, 0) is 43.4 Å². The molecular formula is C16H24N2O4S. The lowest BCUT2D eigenvalue weighted by atomic mass is 9.92. The highest BCUT2D eigenvalue weighted by Gasteiger charge is 2.30. The van der Waals surface area contributed by atoms with Crippen LogP contribution in [0.15, 0.2) is 23.1 Å². The number of sulfonamides is 1. The molecule has 2 rings (SSSR count). The van der Waals surface area contributed by atoms with E-state index in [1.165, 1.54) is 6.07 Å². The van der Waals surface area contributed by atoms with Crippen LogP contribution in [0, 0.1) is 12.8 Å². The van der Waals surface area contributed by atoms with Gasteiger partial charge in [0.2, 0.25) is 15.9 Å². The molecule has 1 aromatic carbocycles. The minimum atomic E-state index is -3.71. The van der Waals surface area contributed by atoms with E-state index in [0.29, 0.717) is 12.1 Å². The molecule has 1 aliphatic rings. The van der Waals surface area contributed by atoms with Gasteiger partial charge in [-0.3, -0.25) is 4.79 Å². The second-order valence-electron chi connectivity index (χ2n) is 5.93. The van der Waals surface area contributed by atoms with Crippen molar-refractivity contribution in [2.24, 2.45) is 11.1 Å². The van der Waals surface area contributed by atoms with Gasteiger partial charge in [-0.1, -0.05) is 19.1 Å². The topological polar surface area (TPSA) is 98.5 Å². The average molecular weight is 340 g/mol. The van der Waals surface area contributed by atoms with Gasteiger partial charge in [0.25, 0.3) is 0 Å². The van der Waals surface area contributed by atoms with Crippen molar-refractivity contribution >= 4 is 15.9 Å². The predicted octanol–water partition coefficient (Wildman–Crippen LogP) is 1.46. The molecule has 1 fully saturated rings. The number of hydrogen-bond donors (Lipinski definition) is 2. The highest BCUT2D eigenvalue weighted by atomic mass is 32.2. The second-order valence-corrected chi connectivity index (χ2v) is 7.46. The first kappa shape index (κ1) is 17.9. The molecule has 1 heterocycles. The van der Waals surface area contributed by atoms with E-state index in [-0.39, 0.29) is 22.8 Å². The highest BCUT2D eigenvalue weighted by Crippen LogP contribution is 2.23. The van der Waals surface area contributed by atoms with Crippen molar-refractivity contribution in [1.82, 2.24) is 5.32 Å². The van der Waals surface area contributed by atoms with Crippen LogP contribution in [0.25, 0.3) is 0 Å². The molecule has 2 atom stereocenters. The number of ether oxygens (including phenoxy) is 1. The summed E-state index contributed by atoms with van der Waals surface area (Å²) in [6, 6.07) is 4.88. The lowest BCUT2D eigenvalue weighted by molar-refractivity contribution is -0.134. The molecule has 1 aromatic rings. The summed E-state index contributed by atoms with van der Waals surface area (Å²) in [5.74, 6) is -0.122. The van der Waals surface area contributed by atoms with Crippen LogP contribution in [0.5, 0.6) is 0 Å². The van der Waals surface area contributed by atoms with E-state index in [1.807, 2.05) is 6.92 Å². The molecule has 0 radical (unpaired) electrons. The zero-order valence-electron chi connectivity index (χ0n) is 13.5. The standard InChI is InChI=1S/C16H24N2O4S/c1-3-14-13(5-4-8-22-14)16(19)18-10-12-6-7-15(11(2)9-12)23(17,20)21/h6-7,9,13-14H,3-5,8,10H2,1-2H3,(H,18,19)(H2,17,20,21)/t13-,14+/m1/s1. The van der Waals surface area contributed by atoms with Gasteiger partial charge in [0, 0.05) is 13.2 Å². The van der Waals surface area contributed by atoms with E-state index < -0.39 is 10.0 Å². The number of hydrogen-bond acceptors (Lipinski definition) is 4. The zero-order valence-corrected chi connectivity index (χ0v) is 14.4. The summed E-state index contributed by atoms with van der Waals surface area (Å²) in [7, 11) is -3.71. The average Bonchev–Trinajstić information content (AvgIpc) is 2.51. The lowest BCUT2D eigenvalue weighted by Gasteiger charge is -2.30. The van der Waals surface area contributed by atoms with Gasteiger partial charge in [0.05, 0.1) is 16.9 Å². The summed E-state index contributed by atoms with van der Waals surface area (Å²) in [5, 5.41) is 8.07. The molecule has 0 spiro atoms. The van der Waals surface area contributed by atoms with E-state index in [0.717, 1.165) is 31.4 Å². The van der Waals surface area contributed by atoms with Crippen LogP contribution in [-0.4, -0.2) is 27.0 Å². The first-order valence-electron chi connectivity index (χ1n) is 7.84. The van der Waals surface area contributed by atoms with Crippen LogP contribution in [0.3, 0.4) is 0 Å². The van der Waals surface area contributed by atoms with Gasteiger partial charge in [-0.15, -0.1) is 0 Å². The third kappa shape index (κ3) is 4.53. The van der Waals surface area contributed by atoms with E-state index >= 15 is 0 Å². The van der Waals surface area contributed by atoms with Crippen LogP contribution in [0.1, 0.15) is 37.3 Å². The molecular weight excluding hydrogens is 316 g/mol. The maximum absolute atomic E-state index is 12.3. The summed E-state index contributed by atoms with van der Waals surface area (Å²) in [5.41, 5.74) is 1.42. The van der Waals surface area contributed by atoms with Crippen molar-refractivity contribution in [3.8, 4) is 0 Å². The van der Waals surface area contributed by atoms with Crippen LogP contribution in [-0.2, 0) is 26.1 Å². The fourth-order valence-corrected chi connectivity index (χ4v) is 3.77. The van der Waals surface area contributed by atoms with Crippen LogP contribution in [0.4, 0.5) is 0 Å². The van der Waals surface area contributed by atoms with Gasteiger partial charge in [0.1, 0.15) is 0 Å². The number of benzene rings is 1. The van der Waals surface area contributed by atoms with Gasteiger partial charge < -0.3 is 10.1 Å². The molecule has 7 heteroatoms. The van der Waals surface area contributed by atoms with E-state index in [1.54, 1.807) is 19.1 Å². The minimum absolute atomic E-state index is 0.00951. The number of carbonyl (C=O) groups excluding carboxylic acids is 1. The maximum Gasteiger partial charge on any atom is 0.238 e. The number of aryl methyl sites for hydroxylation is 1. The van der Waals surface area contributed by atoms with Crippen molar-refractivity contribution in [1.29, 1.82) is 0 Å². The number of amides is 1. The highest BCUT2D eigenvalue weighted by molar-refractivity contribution is 7.89. The molecule has 1 amide bonds. The van der Waals surface area contributed by atoms with E-state index in [2.05, 4.69) is 5.32 Å². The first-order chi connectivity index (χ1) is 10.8. The monoisotopic (exact) mass is 340 g/mol. The summed E-state index contributed by atoms with van der Waals surface area (Å²) in [6.45, 7) is 4.78. The molecule has 0 bridgehead atoms. The van der Waals surface area contributed by atoms with Crippen LogP contribution in [0.2, 0.25) is 0 Å². The molecule has 23 heavy (non-hydrogen) atoms. The van der Waals surface area contributed by atoms with Crippen molar-refractivity contribution in [3.63, 3.8) is 0 Å². The Morgan fingerprint density at radius 3 is 2.78 bits per heavy atom. The summed E-state index contributed by atoms with van der Waals surface area (Å²) in [6.07, 6.45) is 2.54. The maximum atomic E-state index is 12.3. The first-order valence-corrected chi connectivity index (χ1v) is 9.39. The fourth-order valence-electron chi connectivity index (χ4n) is 3.00. The largest absolute Gasteiger partial charge is 0.377 e. The molecule has 0 unspecified atom stereocenters. The number of carbonyl (C=O) groups is 1. The minimum Gasteiger partial charge on any atom is -0.377 e. The SMILES string of the molecule is CC[C@@H]1OCCC[C@H]1C(=O)NCc1ccc(S(N)(=O)=O)c(C)c1. The summed E-state index contributed by atoms with van der Waals surface area (Å²) in [4.78, 5) is 12.5. The van der Waals surface area contributed by atoms with Crippen molar-refractivity contribution in [2.45, 2.75) is 50.7 Å². The third-order valence-corrected chi connectivity index (χ3v) is 5.26.